The lowest BCUT2D eigenvalue weighted by Gasteiger charge is -2.26. The van der Waals surface area contributed by atoms with Gasteiger partial charge < -0.3 is 10.0 Å². The molecule has 1 aliphatic heterocycles. The highest BCUT2D eigenvalue weighted by molar-refractivity contribution is 7.89. The first-order valence-electron chi connectivity index (χ1n) is 7.56. The topological polar surface area (TPSA) is 104 Å². The predicted molar refractivity (Wildman–Crippen MR) is 86.1 cm³/mol. The van der Waals surface area contributed by atoms with Gasteiger partial charge in [-0.15, -0.1) is 0 Å². The molecule has 0 radical (unpaired) electrons. The first kappa shape index (κ1) is 17.6. The summed E-state index contributed by atoms with van der Waals surface area (Å²) in [5, 5.41) is 20.2. The van der Waals surface area contributed by atoms with Crippen molar-refractivity contribution in [3.05, 3.63) is 28.3 Å². The Morgan fingerprint density at radius 3 is 2.52 bits per heavy atom. The Kier molecular flexibility index (Phi) is 5.55. The number of hydrogen-bond acceptors (Lipinski definition) is 6. The smallest absolute Gasteiger partial charge is 0.270 e. The molecule has 1 saturated heterocycles. The summed E-state index contributed by atoms with van der Waals surface area (Å²) in [4.78, 5) is 12.1. The average Bonchev–Trinajstić information content (AvgIpc) is 3.07. The van der Waals surface area contributed by atoms with Gasteiger partial charge in [0.25, 0.3) is 5.69 Å². The number of hydrogen-bond donors (Lipinski definition) is 1. The average molecular weight is 343 g/mol. The summed E-state index contributed by atoms with van der Waals surface area (Å²) in [5.74, 6) is 0. The van der Waals surface area contributed by atoms with Crippen LogP contribution >= 0.6 is 0 Å². The summed E-state index contributed by atoms with van der Waals surface area (Å²) in [6.07, 6.45) is 1.58. The van der Waals surface area contributed by atoms with Crippen molar-refractivity contribution in [1.29, 1.82) is 0 Å². The second-order valence-electron chi connectivity index (χ2n) is 5.32. The summed E-state index contributed by atoms with van der Waals surface area (Å²) in [6.45, 7) is 3.31. The van der Waals surface area contributed by atoms with Gasteiger partial charge in [-0.2, -0.15) is 4.31 Å². The van der Waals surface area contributed by atoms with E-state index in [1.54, 1.807) is 4.90 Å². The zero-order valence-electron chi connectivity index (χ0n) is 13.0. The lowest BCUT2D eigenvalue weighted by molar-refractivity contribution is -0.385. The van der Waals surface area contributed by atoms with Crippen LogP contribution < -0.4 is 4.90 Å². The number of aliphatic hydroxyl groups excluding tert-OH is 1. The highest BCUT2D eigenvalue weighted by atomic mass is 32.2. The third-order valence-corrected chi connectivity index (χ3v) is 5.86. The summed E-state index contributed by atoms with van der Waals surface area (Å²) in [6, 6.07) is 3.85. The van der Waals surface area contributed by atoms with Crippen molar-refractivity contribution in [3.8, 4) is 0 Å². The number of nitro groups is 1. The molecular weight excluding hydrogens is 322 g/mol. The van der Waals surface area contributed by atoms with Crippen LogP contribution in [0, 0.1) is 10.1 Å². The number of likely N-dealkylation sites (N-methyl/N-ethyl adjacent to an activating group) is 1. The van der Waals surface area contributed by atoms with Gasteiger partial charge in [-0.25, -0.2) is 8.42 Å². The molecule has 0 spiro atoms. The van der Waals surface area contributed by atoms with E-state index < -0.39 is 14.9 Å². The van der Waals surface area contributed by atoms with Crippen LogP contribution in [0.2, 0.25) is 0 Å². The third kappa shape index (κ3) is 3.62. The lowest BCUT2D eigenvalue weighted by Crippen LogP contribution is -2.32. The van der Waals surface area contributed by atoms with Crippen molar-refractivity contribution in [2.24, 2.45) is 0 Å². The Morgan fingerprint density at radius 1 is 1.35 bits per heavy atom. The minimum Gasteiger partial charge on any atom is -0.395 e. The SMILES string of the molecule is CCN(CCO)c1ccc([N+](=O)[O-])cc1S(=O)(=O)N1CCCC1. The Labute approximate surface area is 135 Å². The van der Waals surface area contributed by atoms with Gasteiger partial charge in [0.2, 0.25) is 10.0 Å². The van der Waals surface area contributed by atoms with Crippen molar-refractivity contribution in [2.45, 2.75) is 24.7 Å². The summed E-state index contributed by atoms with van der Waals surface area (Å²) >= 11 is 0. The molecule has 1 heterocycles. The van der Waals surface area contributed by atoms with Crippen LogP contribution in [0.15, 0.2) is 23.1 Å². The minimum absolute atomic E-state index is 0.0658. The molecule has 1 N–H and O–H groups in total. The molecule has 0 aromatic heterocycles. The minimum atomic E-state index is -3.79. The number of nitro benzene ring substituents is 1. The van der Waals surface area contributed by atoms with Gasteiger partial charge in [0.05, 0.1) is 17.2 Å². The Bertz CT molecular complexity index is 671. The van der Waals surface area contributed by atoms with Crippen molar-refractivity contribution in [1.82, 2.24) is 4.31 Å². The second kappa shape index (κ2) is 7.24. The molecule has 0 saturated carbocycles. The van der Waals surface area contributed by atoms with Crippen molar-refractivity contribution < 1.29 is 18.4 Å². The first-order valence-corrected chi connectivity index (χ1v) is 9.00. The third-order valence-electron chi connectivity index (χ3n) is 3.93. The van der Waals surface area contributed by atoms with Crippen LogP contribution in [0.3, 0.4) is 0 Å². The largest absolute Gasteiger partial charge is 0.395 e. The highest BCUT2D eigenvalue weighted by Gasteiger charge is 2.32. The van der Waals surface area contributed by atoms with E-state index >= 15 is 0 Å². The Morgan fingerprint density at radius 2 is 2.00 bits per heavy atom. The molecule has 0 unspecified atom stereocenters. The van der Waals surface area contributed by atoms with Gasteiger partial charge in [-0.05, 0) is 25.8 Å². The van der Waals surface area contributed by atoms with E-state index in [0.29, 0.717) is 25.3 Å². The number of sulfonamides is 1. The Balaban J connectivity index is 2.56. The number of rotatable bonds is 7. The number of benzene rings is 1. The summed E-state index contributed by atoms with van der Waals surface area (Å²) in [5.41, 5.74) is 0.130. The van der Waals surface area contributed by atoms with Gasteiger partial charge in [0.15, 0.2) is 0 Å². The molecule has 9 heteroatoms. The number of non-ortho nitro benzene ring substituents is 1. The van der Waals surface area contributed by atoms with E-state index in [1.165, 1.54) is 16.4 Å². The van der Waals surface area contributed by atoms with Crippen molar-refractivity contribution in [2.75, 3.05) is 37.7 Å². The van der Waals surface area contributed by atoms with E-state index in [4.69, 9.17) is 5.11 Å². The maximum Gasteiger partial charge on any atom is 0.270 e. The monoisotopic (exact) mass is 343 g/mol. The first-order chi connectivity index (χ1) is 10.9. The van der Waals surface area contributed by atoms with Crippen molar-refractivity contribution in [3.63, 3.8) is 0 Å². The van der Waals surface area contributed by atoms with Gasteiger partial charge in [-0.3, -0.25) is 10.1 Å². The van der Waals surface area contributed by atoms with Gasteiger partial charge in [0.1, 0.15) is 4.90 Å². The molecule has 0 bridgehead atoms. The molecule has 0 aliphatic carbocycles. The fourth-order valence-corrected chi connectivity index (χ4v) is 4.47. The maximum atomic E-state index is 12.9. The molecular formula is C14H21N3O5S. The zero-order valence-corrected chi connectivity index (χ0v) is 13.8. The molecule has 8 nitrogen and oxygen atoms in total. The van der Waals surface area contributed by atoms with Crippen LogP contribution in [0.1, 0.15) is 19.8 Å². The second-order valence-corrected chi connectivity index (χ2v) is 7.23. The summed E-state index contributed by atoms with van der Waals surface area (Å²) in [7, 11) is -3.79. The number of aliphatic hydroxyl groups is 1. The lowest BCUT2D eigenvalue weighted by atomic mass is 10.2. The molecule has 0 atom stereocenters. The molecule has 0 amide bonds. The van der Waals surface area contributed by atoms with E-state index in [1.807, 2.05) is 6.92 Å². The Hall–Kier alpha value is -1.71. The van der Waals surface area contributed by atoms with Crippen molar-refractivity contribution >= 4 is 21.4 Å². The van der Waals surface area contributed by atoms with Gasteiger partial charge in [-0.1, -0.05) is 0 Å². The van der Waals surface area contributed by atoms with E-state index in [-0.39, 0.29) is 23.7 Å². The van der Waals surface area contributed by atoms with Crippen LogP contribution in [0.4, 0.5) is 11.4 Å². The molecule has 128 valence electrons. The van der Waals surface area contributed by atoms with Crippen LogP contribution in [0.5, 0.6) is 0 Å². The molecule has 1 fully saturated rings. The fraction of sp³-hybridized carbons (Fsp3) is 0.571. The fourth-order valence-electron chi connectivity index (χ4n) is 2.72. The van der Waals surface area contributed by atoms with Gasteiger partial charge >= 0.3 is 0 Å². The zero-order chi connectivity index (χ0) is 17.0. The van der Waals surface area contributed by atoms with E-state index in [2.05, 4.69) is 0 Å². The maximum absolute atomic E-state index is 12.9. The molecule has 23 heavy (non-hydrogen) atoms. The predicted octanol–water partition coefficient (Wildman–Crippen LogP) is 1.20. The molecule has 1 aromatic rings. The molecule has 2 rings (SSSR count). The normalized spacial score (nSPS) is 15.7. The molecule has 1 aliphatic rings. The van der Waals surface area contributed by atoms with E-state index in [0.717, 1.165) is 18.9 Å². The number of nitrogens with zero attached hydrogens (tertiary/aromatic N) is 3. The van der Waals surface area contributed by atoms with Crippen LogP contribution in [-0.2, 0) is 10.0 Å². The summed E-state index contributed by atoms with van der Waals surface area (Å²) < 4.78 is 27.1. The number of anilines is 1. The standard InChI is InChI=1S/C14H21N3O5S/c1-2-15(9-10-18)13-6-5-12(17(19)20)11-14(13)23(21,22)16-7-3-4-8-16/h5-6,11,18H,2-4,7-10H2,1H3. The van der Waals surface area contributed by atoms with Gasteiger partial charge in [0, 0.05) is 38.3 Å². The van der Waals surface area contributed by atoms with E-state index in [9.17, 15) is 18.5 Å². The van der Waals surface area contributed by atoms with Crippen LogP contribution in [0.25, 0.3) is 0 Å². The highest BCUT2D eigenvalue weighted by Crippen LogP contribution is 2.32. The molecule has 1 aromatic carbocycles. The van der Waals surface area contributed by atoms with Crippen LogP contribution in [-0.4, -0.2) is 55.5 Å². The quantitative estimate of drug-likeness (QED) is 0.589.